The molecule has 1 saturated heterocycles. The molecule has 0 amide bonds. The first-order valence-corrected chi connectivity index (χ1v) is 7.59. The quantitative estimate of drug-likeness (QED) is 0.721. The molecule has 0 radical (unpaired) electrons. The summed E-state index contributed by atoms with van der Waals surface area (Å²) >= 11 is 0. The van der Waals surface area contributed by atoms with Crippen LogP contribution in [0.4, 0.5) is 0 Å². The fraction of sp³-hybridized carbons (Fsp3) is 1.00. The third-order valence-electron chi connectivity index (χ3n) is 4.72. The highest BCUT2D eigenvalue weighted by atomic mass is 15.2. The van der Waals surface area contributed by atoms with E-state index in [1.54, 1.807) is 0 Å². The van der Waals surface area contributed by atoms with E-state index in [1.165, 1.54) is 45.1 Å². The van der Waals surface area contributed by atoms with Gasteiger partial charge in [-0.2, -0.15) is 0 Å². The Morgan fingerprint density at radius 3 is 2.59 bits per heavy atom. The molecule has 1 aliphatic rings. The summed E-state index contributed by atoms with van der Waals surface area (Å²) < 4.78 is 0. The SMILES string of the molecule is CCCCCCC(C)N1CCC(N)C(C)C1C. The van der Waals surface area contributed by atoms with Crippen LogP contribution in [0.3, 0.4) is 0 Å². The molecule has 0 aliphatic carbocycles. The Balaban J connectivity index is 2.33. The molecule has 17 heavy (non-hydrogen) atoms. The van der Waals surface area contributed by atoms with Gasteiger partial charge in [0.25, 0.3) is 0 Å². The van der Waals surface area contributed by atoms with Crippen molar-refractivity contribution in [3.05, 3.63) is 0 Å². The van der Waals surface area contributed by atoms with Gasteiger partial charge in [0.05, 0.1) is 0 Å². The number of hydrogen-bond acceptors (Lipinski definition) is 2. The van der Waals surface area contributed by atoms with Gasteiger partial charge in [0, 0.05) is 24.7 Å². The van der Waals surface area contributed by atoms with Crippen molar-refractivity contribution in [1.29, 1.82) is 0 Å². The molecule has 0 aromatic carbocycles. The molecule has 1 rings (SSSR count). The standard InChI is InChI=1S/C15H32N2/c1-5-6-7-8-9-12(2)17-11-10-15(16)13(3)14(17)4/h12-15H,5-11,16H2,1-4H3. The summed E-state index contributed by atoms with van der Waals surface area (Å²) in [7, 11) is 0. The van der Waals surface area contributed by atoms with Gasteiger partial charge in [-0.05, 0) is 32.6 Å². The maximum absolute atomic E-state index is 6.14. The third kappa shape index (κ3) is 4.26. The molecule has 0 aromatic rings. The molecule has 0 aromatic heterocycles. The topological polar surface area (TPSA) is 29.3 Å². The number of likely N-dealkylation sites (tertiary alicyclic amines) is 1. The van der Waals surface area contributed by atoms with Gasteiger partial charge in [-0.3, -0.25) is 4.90 Å². The minimum atomic E-state index is 0.411. The number of rotatable bonds is 6. The molecule has 1 heterocycles. The van der Waals surface area contributed by atoms with E-state index in [9.17, 15) is 0 Å². The van der Waals surface area contributed by atoms with Crippen molar-refractivity contribution in [2.45, 2.75) is 84.3 Å². The van der Waals surface area contributed by atoms with Crippen molar-refractivity contribution >= 4 is 0 Å². The summed E-state index contributed by atoms with van der Waals surface area (Å²) in [4.78, 5) is 2.68. The second-order valence-electron chi connectivity index (χ2n) is 5.99. The molecule has 1 aliphatic heterocycles. The Bertz CT molecular complexity index is 205. The third-order valence-corrected chi connectivity index (χ3v) is 4.72. The van der Waals surface area contributed by atoms with E-state index in [0.717, 1.165) is 6.04 Å². The minimum absolute atomic E-state index is 0.411. The fourth-order valence-corrected chi connectivity index (χ4v) is 3.08. The molecule has 2 nitrogen and oxygen atoms in total. The molecule has 0 bridgehead atoms. The monoisotopic (exact) mass is 240 g/mol. The van der Waals surface area contributed by atoms with Crippen molar-refractivity contribution in [3.8, 4) is 0 Å². The number of nitrogens with zero attached hydrogens (tertiary/aromatic N) is 1. The van der Waals surface area contributed by atoms with Crippen LogP contribution in [0.5, 0.6) is 0 Å². The lowest BCUT2D eigenvalue weighted by Gasteiger charge is -2.44. The van der Waals surface area contributed by atoms with E-state index in [-0.39, 0.29) is 0 Å². The van der Waals surface area contributed by atoms with Crippen LogP contribution < -0.4 is 5.73 Å². The highest BCUT2D eigenvalue weighted by molar-refractivity contribution is 4.88. The average molecular weight is 240 g/mol. The Morgan fingerprint density at radius 1 is 1.24 bits per heavy atom. The summed E-state index contributed by atoms with van der Waals surface area (Å²) in [5, 5.41) is 0. The molecule has 0 saturated carbocycles. The Labute approximate surface area is 108 Å². The summed E-state index contributed by atoms with van der Waals surface area (Å²) in [5.74, 6) is 0.641. The molecule has 0 spiro atoms. The highest BCUT2D eigenvalue weighted by Gasteiger charge is 2.32. The minimum Gasteiger partial charge on any atom is -0.327 e. The largest absolute Gasteiger partial charge is 0.327 e. The van der Waals surface area contributed by atoms with Crippen LogP contribution in [-0.2, 0) is 0 Å². The highest BCUT2D eigenvalue weighted by Crippen LogP contribution is 2.25. The second-order valence-corrected chi connectivity index (χ2v) is 5.99. The Hall–Kier alpha value is -0.0800. The van der Waals surface area contributed by atoms with Crippen molar-refractivity contribution in [2.24, 2.45) is 11.7 Å². The van der Waals surface area contributed by atoms with Gasteiger partial charge in [-0.25, -0.2) is 0 Å². The first-order chi connectivity index (χ1) is 8.07. The average Bonchev–Trinajstić information content (AvgIpc) is 2.31. The van der Waals surface area contributed by atoms with Crippen LogP contribution in [0.25, 0.3) is 0 Å². The van der Waals surface area contributed by atoms with Crippen LogP contribution >= 0.6 is 0 Å². The predicted molar refractivity (Wildman–Crippen MR) is 76.1 cm³/mol. The van der Waals surface area contributed by atoms with Crippen LogP contribution in [-0.4, -0.2) is 29.6 Å². The van der Waals surface area contributed by atoms with Crippen LogP contribution in [0.1, 0.15) is 66.2 Å². The van der Waals surface area contributed by atoms with Gasteiger partial charge in [0.2, 0.25) is 0 Å². The van der Waals surface area contributed by atoms with Crippen LogP contribution in [0, 0.1) is 5.92 Å². The van der Waals surface area contributed by atoms with Crippen LogP contribution in [0.2, 0.25) is 0 Å². The van der Waals surface area contributed by atoms with Crippen molar-refractivity contribution < 1.29 is 0 Å². The Morgan fingerprint density at radius 2 is 1.94 bits per heavy atom. The number of unbranched alkanes of at least 4 members (excludes halogenated alkanes) is 3. The van der Waals surface area contributed by atoms with E-state index in [2.05, 4.69) is 32.6 Å². The van der Waals surface area contributed by atoms with Gasteiger partial charge in [-0.1, -0.05) is 39.5 Å². The van der Waals surface area contributed by atoms with E-state index in [4.69, 9.17) is 5.73 Å². The Kier molecular flexibility index (Phi) is 6.50. The summed E-state index contributed by atoms with van der Waals surface area (Å²) in [6, 6.07) is 1.80. The van der Waals surface area contributed by atoms with E-state index in [1.807, 2.05) is 0 Å². The fourth-order valence-electron chi connectivity index (χ4n) is 3.08. The van der Waals surface area contributed by atoms with Crippen molar-refractivity contribution in [1.82, 2.24) is 4.90 Å². The molecule has 4 unspecified atom stereocenters. The molecule has 102 valence electrons. The molecule has 4 atom stereocenters. The molecular weight excluding hydrogens is 208 g/mol. The van der Waals surface area contributed by atoms with Gasteiger partial charge in [-0.15, -0.1) is 0 Å². The summed E-state index contributed by atoms with van der Waals surface area (Å²) in [6.07, 6.45) is 8.04. The summed E-state index contributed by atoms with van der Waals surface area (Å²) in [5.41, 5.74) is 6.14. The van der Waals surface area contributed by atoms with E-state index >= 15 is 0 Å². The predicted octanol–water partition coefficient (Wildman–Crippen LogP) is 3.40. The number of hydrogen-bond donors (Lipinski definition) is 1. The maximum Gasteiger partial charge on any atom is 0.0110 e. The number of piperidine rings is 1. The van der Waals surface area contributed by atoms with E-state index < -0.39 is 0 Å². The zero-order chi connectivity index (χ0) is 12.8. The van der Waals surface area contributed by atoms with Gasteiger partial charge >= 0.3 is 0 Å². The second kappa shape index (κ2) is 7.38. The lowest BCUT2D eigenvalue weighted by atomic mass is 9.86. The molecule has 2 N–H and O–H groups in total. The van der Waals surface area contributed by atoms with Crippen LogP contribution in [0.15, 0.2) is 0 Å². The van der Waals surface area contributed by atoms with Crippen molar-refractivity contribution in [3.63, 3.8) is 0 Å². The summed E-state index contributed by atoms with van der Waals surface area (Å²) in [6.45, 7) is 10.5. The lowest BCUT2D eigenvalue weighted by molar-refractivity contribution is 0.0586. The maximum atomic E-state index is 6.14. The normalized spacial score (nSPS) is 32.6. The zero-order valence-electron chi connectivity index (χ0n) is 12.3. The van der Waals surface area contributed by atoms with Gasteiger partial charge in [0.15, 0.2) is 0 Å². The first-order valence-electron chi connectivity index (χ1n) is 7.59. The molecule has 2 heteroatoms. The molecular formula is C15H32N2. The zero-order valence-corrected chi connectivity index (χ0v) is 12.3. The smallest absolute Gasteiger partial charge is 0.0110 e. The first kappa shape index (κ1) is 15.0. The van der Waals surface area contributed by atoms with E-state index in [0.29, 0.717) is 18.0 Å². The van der Waals surface area contributed by atoms with Gasteiger partial charge in [0.1, 0.15) is 0 Å². The van der Waals surface area contributed by atoms with Crippen molar-refractivity contribution in [2.75, 3.05) is 6.54 Å². The molecule has 1 fully saturated rings. The van der Waals surface area contributed by atoms with Gasteiger partial charge < -0.3 is 5.73 Å². The number of nitrogens with two attached hydrogens (primary N) is 1. The lowest BCUT2D eigenvalue weighted by Crippen LogP contribution is -2.54.